The van der Waals surface area contributed by atoms with Gasteiger partial charge in [0, 0.05) is 13.6 Å². The highest BCUT2D eigenvalue weighted by Gasteiger charge is 2.21. The molecule has 0 bridgehead atoms. The molecule has 23 heavy (non-hydrogen) atoms. The van der Waals surface area contributed by atoms with Gasteiger partial charge in [-0.05, 0) is 37.5 Å². The molecule has 2 N–H and O–H groups in total. The number of carbonyl (C=O) groups is 2. The lowest BCUT2D eigenvalue weighted by Gasteiger charge is -2.15. The van der Waals surface area contributed by atoms with Gasteiger partial charge < -0.3 is 10.4 Å². The predicted molar refractivity (Wildman–Crippen MR) is 86.3 cm³/mol. The van der Waals surface area contributed by atoms with Gasteiger partial charge in [-0.25, -0.2) is 0 Å². The number of aromatic nitrogens is 2. The Balaban J connectivity index is 2.03. The molecule has 6 heteroatoms. The second-order valence-electron chi connectivity index (χ2n) is 5.67. The Morgan fingerprint density at radius 2 is 2.00 bits per heavy atom. The Kier molecular flexibility index (Phi) is 5.16. The number of carbonyl (C=O) groups excluding carboxylic acids is 1. The molecule has 2 rings (SSSR count). The van der Waals surface area contributed by atoms with E-state index in [2.05, 4.69) is 10.4 Å². The maximum atomic E-state index is 12.2. The van der Waals surface area contributed by atoms with Gasteiger partial charge in [0.15, 0.2) is 0 Å². The number of rotatable bonds is 6. The van der Waals surface area contributed by atoms with E-state index in [1.807, 2.05) is 31.2 Å². The minimum atomic E-state index is -0.922. The SMILES string of the molecule is Cc1cc(C(=O)NC[C@@H](Cc2ccccc2C)C(=O)O)n(C)n1. The van der Waals surface area contributed by atoms with Crippen LogP contribution in [0.1, 0.15) is 27.3 Å². The minimum absolute atomic E-state index is 0.0761. The van der Waals surface area contributed by atoms with E-state index in [-0.39, 0.29) is 12.5 Å². The summed E-state index contributed by atoms with van der Waals surface area (Å²) in [5.74, 6) is -1.91. The molecule has 122 valence electrons. The molecule has 1 aromatic carbocycles. The van der Waals surface area contributed by atoms with E-state index in [1.165, 1.54) is 4.68 Å². The molecule has 0 saturated carbocycles. The lowest BCUT2D eigenvalue weighted by Crippen LogP contribution is -2.35. The summed E-state index contributed by atoms with van der Waals surface area (Å²) in [4.78, 5) is 23.6. The molecule has 0 fully saturated rings. The van der Waals surface area contributed by atoms with Crippen LogP contribution in [-0.2, 0) is 18.3 Å². The van der Waals surface area contributed by atoms with Crippen LogP contribution in [0.5, 0.6) is 0 Å². The average molecular weight is 315 g/mol. The van der Waals surface area contributed by atoms with Crippen molar-refractivity contribution in [3.05, 3.63) is 52.8 Å². The van der Waals surface area contributed by atoms with Crippen LogP contribution >= 0.6 is 0 Å². The fourth-order valence-electron chi connectivity index (χ4n) is 2.48. The van der Waals surface area contributed by atoms with Crippen molar-refractivity contribution in [1.29, 1.82) is 0 Å². The lowest BCUT2D eigenvalue weighted by molar-refractivity contribution is -0.141. The van der Waals surface area contributed by atoms with Crippen LogP contribution in [0, 0.1) is 19.8 Å². The van der Waals surface area contributed by atoms with Crippen molar-refractivity contribution in [2.45, 2.75) is 20.3 Å². The molecule has 1 aromatic heterocycles. The number of nitrogens with one attached hydrogen (secondary N) is 1. The largest absolute Gasteiger partial charge is 0.481 e. The molecule has 2 aromatic rings. The summed E-state index contributed by atoms with van der Waals surface area (Å²) in [5.41, 5.74) is 3.19. The van der Waals surface area contributed by atoms with E-state index in [0.717, 1.165) is 16.8 Å². The van der Waals surface area contributed by atoms with E-state index in [4.69, 9.17) is 0 Å². The average Bonchev–Trinajstić information content (AvgIpc) is 2.83. The molecule has 1 amide bonds. The number of hydrogen-bond acceptors (Lipinski definition) is 3. The highest BCUT2D eigenvalue weighted by molar-refractivity contribution is 5.92. The molecule has 6 nitrogen and oxygen atoms in total. The van der Waals surface area contributed by atoms with Crippen molar-refractivity contribution in [1.82, 2.24) is 15.1 Å². The number of amides is 1. The third kappa shape index (κ3) is 4.18. The van der Waals surface area contributed by atoms with E-state index in [0.29, 0.717) is 12.1 Å². The van der Waals surface area contributed by atoms with Crippen LogP contribution in [0.3, 0.4) is 0 Å². The molecular formula is C17H21N3O3. The van der Waals surface area contributed by atoms with Crippen LogP contribution < -0.4 is 5.32 Å². The number of carboxylic acid groups (broad SMARTS) is 1. The fourth-order valence-corrected chi connectivity index (χ4v) is 2.48. The monoisotopic (exact) mass is 315 g/mol. The molecule has 0 unspecified atom stereocenters. The standard InChI is InChI=1S/C17H21N3O3/c1-11-6-4-5-7-13(11)9-14(17(22)23)10-18-16(21)15-8-12(2)19-20(15)3/h4-8,14H,9-10H2,1-3H3,(H,18,21)(H,22,23)/t14-/m1/s1. The van der Waals surface area contributed by atoms with Gasteiger partial charge in [0.1, 0.15) is 5.69 Å². The number of carboxylic acids is 1. The number of hydrogen-bond donors (Lipinski definition) is 2. The first-order chi connectivity index (χ1) is 10.9. The van der Waals surface area contributed by atoms with Crippen molar-refractivity contribution in [2.75, 3.05) is 6.54 Å². The van der Waals surface area contributed by atoms with E-state index in [1.54, 1.807) is 20.0 Å². The summed E-state index contributed by atoms with van der Waals surface area (Å²) in [6.07, 6.45) is 0.382. The second kappa shape index (κ2) is 7.09. The molecule has 0 saturated heterocycles. The van der Waals surface area contributed by atoms with E-state index >= 15 is 0 Å². The van der Waals surface area contributed by atoms with Gasteiger partial charge in [0.05, 0.1) is 11.6 Å². The molecule has 1 atom stereocenters. The molecule has 0 aliphatic heterocycles. The molecule has 0 aliphatic rings. The Labute approximate surface area is 135 Å². The third-order valence-corrected chi connectivity index (χ3v) is 3.82. The van der Waals surface area contributed by atoms with Crippen molar-refractivity contribution >= 4 is 11.9 Å². The zero-order valence-corrected chi connectivity index (χ0v) is 13.5. The number of aliphatic carboxylic acids is 1. The Hall–Kier alpha value is -2.63. The van der Waals surface area contributed by atoms with Crippen molar-refractivity contribution in [3.63, 3.8) is 0 Å². The second-order valence-corrected chi connectivity index (χ2v) is 5.67. The van der Waals surface area contributed by atoms with Gasteiger partial charge in [-0.1, -0.05) is 24.3 Å². The normalized spacial score (nSPS) is 12.0. The lowest BCUT2D eigenvalue weighted by atomic mass is 9.96. The minimum Gasteiger partial charge on any atom is -0.481 e. The first-order valence-electron chi connectivity index (χ1n) is 7.44. The van der Waals surface area contributed by atoms with Crippen LogP contribution in [0.15, 0.2) is 30.3 Å². The smallest absolute Gasteiger partial charge is 0.308 e. The first-order valence-corrected chi connectivity index (χ1v) is 7.44. The van der Waals surface area contributed by atoms with Gasteiger partial charge in [0.25, 0.3) is 5.91 Å². The predicted octanol–water partition coefficient (Wildman–Crippen LogP) is 1.71. The van der Waals surface area contributed by atoms with E-state index in [9.17, 15) is 14.7 Å². The highest BCUT2D eigenvalue weighted by atomic mass is 16.4. The summed E-state index contributed by atoms with van der Waals surface area (Å²) in [6.45, 7) is 3.83. The Morgan fingerprint density at radius 3 is 2.57 bits per heavy atom. The van der Waals surface area contributed by atoms with Gasteiger partial charge in [0.2, 0.25) is 0 Å². The number of aryl methyl sites for hydroxylation is 3. The molecular weight excluding hydrogens is 294 g/mol. The zero-order chi connectivity index (χ0) is 17.0. The molecule has 0 aliphatic carbocycles. The van der Waals surface area contributed by atoms with Gasteiger partial charge >= 0.3 is 5.97 Å². The zero-order valence-electron chi connectivity index (χ0n) is 13.5. The molecule has 0 spiro atoms. The van der Waals surface area contributed by atoms with Crippen molar-refractivity contribution in [2.24, 2.45) is 13.0 Å². The molecule has 1 heterocycles. The Bertz CT molecular complexity index is 722. The first kappa shape index (κ1) is 16.7. The maximum absolute atomic E-state index is 12.2. The topological polar surface area (TPSA) is 84.2 Å². The van der Waals surface area contributed by atoms with Crippen molar-refractivity contribution < 1.29 is 14.7 Å². The third-order valence-electron chi connectivity index (χ3n) is 3.82. The summed E-state index contributed by atoms with van der Waals surface area (Å²) >= 11 is 0. The van der Waals surface area contributed by atoms with Crippen molar-refractivity contribution in [3.8, 4) is 0 Å². The summed E-state index contributed by atoms with van der Waals surface area (Å²) in [7, 11) is 1.68. The van der Waals surface area contributed by atoms with Crippen LogP contribution in [0.25, 0.3) is 0 Å². The quantitative estimate of drug-likeness (QED) is 0.850. The highest BCUT2D eigenvalue weighted by Crippen LogP contribution is 2.13. The number of nitrogens with zero attached hydrogens (tertiary/aromatic N) is 2. The van der Waals surface area contributed by atoms with Crippen LogP contribution in [0.4, 0.5) is 0 Å². The van der Waals surface area contributed by atoms with Crippen LogP contribution in [-0.4, -0.2) is 33.3 Å². The van der Waals surface area contributed by atoms with Crippen LogP contribution in [0.2, 0.25) is 0 Å². The Morgan fingerprint density at radius 1 is 1.30 bits per heavy atom. The summed E-state index contributed by atoms with van der Waals surface area (Å²) in [5, 5.41) is 16.2. The van der Waals surface area contributed by atoms with E-state index < -0.39 is 11.9 Å². The van der Waals surface area contributed by atoms with Gasteiger partial charge in [-0.15, -0.1) is 0 Å². The summed E-state index contributed by atoms with van der Waals surface area (Å²) in [6, 6.07) is 9.34. The molecule has 0 radical (unpaired) electrons. The van der Waals surface area contributed by atoms with Gasteiger partial charge in [-0.2, -0.15) is 5.10 Å². The maximum Gasteiger partial charge on any atom is 0.308 e. The fraction of sp³-hybridized carbons (Fsp3) is 0.353. The van der Waals surface area contributed by atoms with Gasteiger partial charge in [-0.3, -0.25) is 14.3 Å². The number of benzene rings is 1. The summed E-state index contributed by atoms with van der Waals surface area (Å²) < 4.78 is 1.49.